The SMILES string of the molecule is O=[N+]([O-])c1c(F)ncc(S(=O)(=O)Cl)c1OC(F)(F)F. The number of halogens is 5. The van der Waals surface area contributed by atoms with Crippen molar-refractivity contribution in [1.29, 1.82) is 0 Å². The molecule has 0 radical (unpaired) electrons. The van der Waals surface area contributed by atoms with Gasteiger partial charge < -0.3 is 4.74 Å². The Bertz CT molecular complexity index is 631. The molecular formula is C6HClF4N2O5S. The lowest BCUT2D eigenvalue weighted by Gasteiger charge is -2.11. The summed E-state index contributed by atoms with van der Waals surface area (Å²) >= 11 is 0. The second-order valence-electron chi connectivity index (χ2n) is 2.83. The molecule has 0 atom stereocenters. The lowest BCUT2D eigenvalue weighted by Crippen LogP contribution is -2.20. The molecule has 1 heterocycles. The second kappa shape index (κ2) is 4.77. The van der Waals surface area contributed by atoms with Gasteiger partial charge in [0.1, 0.15) is 0 Å². The highest BCUT2D eigenvalue weighted by molar-refractivity contribution is 8.13. The lowest BCUT2D eigenvalue weighted by atomic mass is 10.4. The molecule has 1 rings (SSSR count). The van der Waals surface area contributed by atoms with Crippen molar-refractivity contribution in [2.75, 3.05) is 0 Å². The van der Waals surface area contributed by atoms with Gasteiger partial charge in [-0.05, 0) is 0 Å². The van der Waals surface area contributed by atoms with Gasteiger partial charge >= 0.3 is 12.0 Å². The van der Waals surface area contributed by atoms with E-state index in [-0.39, 0.29) is 6.20 Å². The molecule has 0 fully saturated rings. The Hall–Kier alpha value is -1.69. The largest absolute Gasteiger partial charge is 0.573 e. The van der Waals surface area contributed by atoms with Crippen molar-refractivity contribution in [1.82, 2.24) is 4.98 Å². The van der Waals surface area contributed by atoms with Crippen molar-refractivity contribution in [3.05, 3.63) is 22.3 Å². The van der Waals surface area contributed by atoms with Gasteiger partial charge in [0, 0.05) is 10.7 Å². The van der Waals surface area contributed by atoms with Crippen molar-refractivity contribution >= 4 is 25.4 Å². The molecule has 0 amide bonds. The van der Waals surface area contributed by atoms with Gasteiger partial charge in [0.25, 0.3) is 15.0 Å². The number of rotatable bonds is 3. The molecule has 0 aliphatic heterocycles. The zero-order chi connectivity index (χ0) is 15.0. The average Bonchev–Trinajstić information content (AvgIpc) is 2.11. The highest BCUT2D eigenvalue weighted by atomic mass is 35.7. The molecule has 0 aliphatic rings. The number of alkyl halides is 3. The Morgan fingerprint density at radius 2 is 1.95 bits per heavy atom. The van der Waals surface area contributed by atoms with Crippen molar-refractivity contribution in [3.63, 3.8) is 0 Å². The fraction of sp³-hybridized carbons (Fsp3) is 0.167. The smallest absolute Gasteiger partial charge is 0.397 e. The van der Waals surface area contributed by atoms with Crippen molar-refractivity contribution in [2.24, 2.45) is 0 Å². The van der Waals surface area contributed by atoms with E-state index in [1.54, 1.807) is 0 Å². The van der Waals surface area contributed by atoms with Gasteiger partial charge in [-0.15, -0.1) is 13.2 Å². The maximum Gasteiger partial charge on any atom is 0.573 e. The third kappa shape index (κ3) is 3.64. The van der Waals surface area contributed by atoms with Crippen LogP contribution in [0.1, 0.15) is 0 Å². The predicted molar refractivity (Wildman–Crippen MR) is 50.6 cm³/mol. The molecule has 7 nitrogen and oxygen atoms in total. The van der Waals surface area contributed by atoms with Crippen LogP contribution in [0.25, 0.3) is 0 Å². The van der Waals surface area contributed by atoms with Gasteiger partial charge in [-0.2, -0.15) is 4.39 Å². The summed E-state index contributed by atoms with van der Waals surface area (Å²) in [7, 11) is -0.104. The van der Waals surface area contributed by atoms with E-state index in [9.17, 15) is 36.1 Å². The number of nitro groups is 1. The third-order valence-electron chi connectivity index (χ3n) is 1.59. The molecule has 0 aliphatic carbocycles. The molecule has 0 bridgehead atoms. The van der Waals surface area contributed by atoms with Crippen molar-refractivity contribution < 1.29 is 35.6 Å². The van der Waals surface area contributed by atoms with Crippen LogP contribution >= 0.6 is 10.7 Å². The first-order valence-corrected chi connectivity index (χ1v) is 6.27. The summed E-state index contributed by atoms with van der Waals surface area (Å²) in [6, 6.07) is 0. The van der Waals surface area contributed by atoms with Gasteiger partial charge in [0.15, 0.2) is 4.90 Å². The Morgan fingerprint density at radius 3 is 2.32 bits per heavy atom. The van der Waals surface area contributed by atoms with E-state index < -0.39 is 42.6 Å². The quantitative estimate of drug-likeness (QED) is 0.277. The Labute approximate surface area is 106 Å². The van der Waals surface area contributed by atoms with Crippen molar-refractivity contribution in [3.8, 4) is 5.75 Å². The van der Waals surface area contributed by atoms with Crippen LogP contribution in [0.5, 0.6) is 5.75 Å². The molecule has 1 aromatic heterocycles. The molecule has 106 valence electrons. The molecule has 0 saturated carbocycles. The van der Waals surface area contributed by atoms with E-state index in [0.29, 0.717) is 0 Å². The van der Waals surface area contributed by atoms with Crippen LogP contribution in [-0.4, -0.2) is 24.7 Å². The Morgan fingerprint density at radius 1 is 1.42 bits per heavy atom. The first-order chi connectivity index (χ1) is 8.43. The first kappa shape index (κ1) is 15.4. The number of hydrogen-bond acceptors (Lipinski definition) is 6. The Kier molecular flexibility index (Phi) is 3.86. The fourth-order valence-corrected chi connectivity index (χ4v) is 1.86. The number of nitrogens with zero attached hydrogens (tertiary/aromatic N) is 2. The van der Waals surface area contributed by atoms with Crippen LogP contribution in [0.3, 0.4) is 0 Å². The maximum atomic E-state index is 13.0. The molecule has 19 heavy (non-hydrogen) atoms. The number of pyridine rings is 1. The second-order valence-corrected chi connectivity index (χ2v) is 5.37. The normalized spacial score (nSPS) is 12.3. The van der Waals surface area contributed by atoms with E-state index in [0.717, 1.165) is 0 Å². The number of hydrogen-bond donors (Lipinski definition) is 0. The topological polar surface area (TPSA) is 99.4 Å². The summed E-state index contributed by atoms with van der Waals surface area (Å²) in [5.41, 5.74) is -1.89. The van der Waals surface area contributed by atoms with Crippen molar-refractivity contribution in [2.45, 2.75) is 11.3 Å². The summed E-state index contributed by atoms with van der Waals surface area (Å²) < 4.78 is 74.2. The van der Waals surface area contributed by atoms with Crippen LogP contribution in [0.4, 0.5) is 23.2 Å². The molecule has 0 aromatic carbocycles. The van der Waals surface area contributed by atoms with E-state index in [4.69, 9.17) is 10.7 Å². The summed E-state index contributed by atoms with van der Waals surface area (Å²) in [5.74, 6) is -3.84. The molecule has 0 unspecified atom stereocenters. The van der Waals surface area contributed by atoms with E-state index in [2.05, 4.69) is 9.72 Å². The summed E-state index contributed by atoms with van der Waals surface area (Å²) in [6.45, 7) is 0. The summed E-state index contributed by atoms with van der Waals surface area (Å²) in [4.78, 5) is 10.00. The Balaban J connectivity index is 3.69. The zero-order valence-corrected chi connectivity index (χ0v) is 9.88. The molecule has 1 aromatic rings. The van der Waals surface area contributed by atoms with Gasteiger partial charge in [0.2, 0.25) is 5.75 Å². The monoisotopic (exact) mass is 324 g/mol. The van der Waals surface area contributed by atoms with Gasteiger partial charge in [-0.1, -0.05) is 0 Å². The molecule has 0 saturated heterocycles. The standard InChI is InChI=1S/C6HClF4N2O5S/c7-19(16,17)2-1-12-5(8)3(13(14)15)4(2)18-6(9,10)11/h1H. The van der Waals surface area contributed by atoms with Crippen LogP contribution in [-0.2, 0) is 9.05 Å². The predicted octanol–water partition coefficient (Wildman–Crippen LogP) is 1.95. The lowest BCUT2D eigenvalue weighted by molar-refractivity contribution is -0.392. The number of ether oxygens (including phenoxy) is 1. The van der Waals surface area contributed by atoms with E-state index in [1.165, 1.54) is 0 Å². The molecule has 0 spiro atoms. The van der Waals surface area contributed by atoms with Gasteiger partial charge in [-0.25, -0.2) is 13.4 Å². The van der Waals surface area contributed by atoms with Gasteiger partial charge in [0.05, 0.1) is 11.1 Å². The summed E-state index contributed by atoms with van der Waals surface area (Å²) in [5, 5.41) is 10.4. The van der Waals surface area contributed by atoms with E-state index >= 15 is 0 Å². The van der Waals surface area contributed by atoms with Crippen LogP contribution in [0.2, 0.25) is 0 Å². The highest BCUT2D eigenvalue weighted by Gasteiger charge is 2.40. The number of aromatic nitrogens is 1. The third-order valence-corrected chi connectivity index (χ3v) is 2.91. The highest BCUT2D eigenvalue weighted by Crippen LogP contribution is 2.39. The minimum Gasteiger partial charge on any atom is -0.397 e. The first-order valence-electron chi connectivity index (χ1n) is 3.97. The maximum absolute atomic E-state index is 13.0. The average molecular weight is 325 g/mol. The molecular weight excluding hydrogens is 324 g/mol. The molecule has 0 N–H and O–H groups in total. The molecule has 13 heteroatoms. The van der Waals surface area contributed by atoms with Gasteiger partial charge in [-0.3, -0.25) is 10.1 Å². The zero-order valence-electron chi connectivity index (χ0n) is 8.31. The minimum atomic E-state index is -5.49. The summed E-state index contributed by atoms with van der Waals surface area (Å²) in [6.07, 6.45) is -5.42. The fourth-order valence-electron chi connectivity index (χ4n) is 0.992. The van der Waals surface area contributed by atoms with E-state index in [1.807, 2.05) is 0 Å². The van der Waals surface area contributed by atoms with Crippen LogP contribution < -0.4 is 4.74 Å². The van der Waals surface area contributed by atoms with Crippen LogP contribution in [0.15, 0.2) is 11.1 Å². The minimum absolute atomic E-state index is 0.0751. The van der Waals surface area contributed by atoms with Crippen LogP contribution in [0, 0.1) is 16.1 Å².